The molecule has 2 aromatic carbocycles. The Kier molecular flexibility index (Phi) is 4.38. The molecule has 22 heavy (non-hydrogen) atoms. The number of carbonyl (C=O) groups excluding carboxylic acids is 1. The summed E-state index contributed by atoms with van der Waals surface area (Å²) in [5, 5.41) is 3.42. The van der Waals surface area contributed by atoms with Crippen molar-refractivity contribution in [3.05, 3.63) is 83.1 Å². The van der Waals surface area contributed by atoms with Crippen LogP contribution in [0, 0.1) is 6.92 Å². The van der Waals surface area contributed by atoms with Crippen LogP contribution in [0.3, 0.4) is 0 Å². The first-order valence-corrected chi connectivity index (χ1v) is 7.78. The first-order valence-electron chi connectivity index (χ1n) is 7.78. The molecule has 0 saturated heterocycles. The molecule has 0 spiro atoms. The number of benzene rings is 2. The van der Waals surface area contributed by atoms with E-state index in [9.17, 15) is 4.79 Å². The monoisotopic (exact) mass is 291 g/mol. The topological polar surface area (TPSA) is 29.1 Å². The average molecular weight is 291 g/mol. The first-order chi connectivity index (χ1) is 10.7. The molecule has 0 aromatic heterocycles. The van der Waals surface area contributed by atoms with Gasteiger partial charge in [-0.1, -0.05) is 60.2 Å². The molecule has 0 bridgehead atoms. The second-order valence-electron chi connectivity index (χ2n) is 5.99. The molecule has 1 aliphatic rings. The Labute approximate surface area is 131 Å². The molecule has 0 amide bonds. The predicted octanol–water partition coefficient (Wildman–Crippen LogP) is 4.12. The second kappa shape index (κ2) is 6.61. The van der Waals surface area contributed by atoms with E-state index in [0.717, 1.165) is 18.7 Å². The lowest BCUT2D eigenvalue weighted by Crippen LogP contribution is -2.21. The summed E-state index contributed by atoms with van der Waals surface area (Å²) < 4.78 is 0. The SMILES string of the molecule is Cc1ccc([C@H]2CC(=O)C=C(NCc3ccccc3)C2)cc1. The Morgan fingerprint density at radius 1 is 1.00 bits per heavy atom. The van der Waals surface area contributed by atoms with E-state index in [4.69, 9.17) is 0 Å². The van der Waals surface area contributed by atoms with Crippen LogP contribution in [-0.4, -0.2) is 5.78 Å². The molecule has 2 heteroatoms. The van der Waals surface area contributed by atoms with Crippen molar-refractivity contribution in [3.63, 3.8) is 0 Å². The van der Waals surface area contributed by atoms with Gasteiger partial charge in [-0.05, 0) is 30.4 Å². The molecule has 0 radical (unpaired) electrons. The fraction of sp³-hybridized carbons (Fsp3) is 0.250. The Hall–Kier alpha value is -2.35. The van der Waals surface area contributed by atoms with Gasteiger partial charge in [0, 0.05) is 24.7 Å². The molecule has 2 nitrogen and oxygen atoms in total. The zero-order valence-electron chi connectivity index (χ0n) is 12.9. The van der Waals surface area contributed by atoms with Crippen LogP contribution in [0.2, 0.25) is 0 Å². The van der Waals surface area contributed by atoms with Crippen LogP contribution in [0.25, 0.3) is 0 Å². The largest absolute Gasteiger partial charge is 0.384 e. The minimum absolute atomic E-state index is 0.215. The van der Waals surface area contributed by atoms with Gasteiger partial charge >= 0.3 is 0 Å². The molecule has 1 atom stereocenters. The third-order valence-corrected chi connectivity index (χ3v) is 4.16. The highest BCUT2D eigenvalue weighted by molar-refractivity contribution is 5.91. The molecular weight excluding hydrogens is 270 g/mol. The number of carbonyl (C=O) groups is 1. The zero-order valence-corrected chi connectivity index (χ0v) is 12.9. The Morgan fingerprint density at radius 2 is 1.73 bits per heavy atom. The van der Waals surface area contributed by atoms with E-state index in [1.165, 1.54) is 16.7 Å². The molecule has 112 valence electrons. The van der Waals surface area contributed by atoms with Crippen molar-refractivity contribution in [3.8, 4) is 0 Å². The molecule has 0 fully saturated rings. The lowest BCUT2D eigenvalue weighted by atomic mass is 9.85. The van der Waals surface area contributed by atoms with E-state index in [-0.39, 0.29) is 11.7 Å². The van der Waals surface area contributed by atoms with Gasteiger partial charge in [-0.15, -0.1) is 0 Å². The number of hydrogen-bond donors (Lipinski definition) is 1. The van der Waals surface area contributed by atoms with Gasteiger partial charge in [0.25, 0.3) is 0 Å². The van der Waals surface area contributed by atoms with Crippen molar-refractivity contribution >= 4 is 5.78 Å². The van der Waals surface area contributed by atoms with E-state index in [0.29, 0.717) is 6.42 Å². The number of nitrogens with one attached hydrogen (secondary N) is 1. The van der Waals surface area contributed by atoms with Gasteiger partial charge in [0.15, 0.2) is 5.78 Å². The average Bonchev–Trinajstić information content (AvgIpc) is 2.54. The summed E-state index contributed by atoms with van der Waals surface area (Å²) in [6, 6.07) is 18.8. The van der Waals surface area contributed by atoms with E-state index in [2.05, 4.69) is 48.6 Å². The predicted molar refractivity (Wildman–Crippen MR) is 89.5 cm³/mol. The Balaban J connectivity index is 1.67. The van der Waals surface area contributed by atoms with Gasteiger partial charge in [-0.2, -0.15) is 0 Å². The minimum atomic E-state index is 0.215. The molecular formula is C20H21NO. The van der Waals surface area contributed by atoms with Crippen LogP contribution in [0.15, 0.2) is 66.4 Å². The van der Waals surface area contributed by atoms with E-state index >= 15 is 0 Å². The maximum absolute atomic E-state index is 12.0. The standard InChI is InChI=1S/C20H21NO/c1-15-7-9-17(10-8-15)18-11-19(13-20(22)12-18)21-14-16-5-3-2-4-6-16/h2-10,13,18,21H,11-12,14H2,1H3/t18-/m1/s1. The summed E-state index contributed by atoms with van der Waals surface area (Å²) in [5.74, 6) is 0.503. The highest BCUT2D eigenvalue weighted by atomic mass is 16.1. The fourth-order valence-electron chi connectivity index (χ4n) is 2.90. The number of rotatable bonds is 4. The van der Waals surface area contributed by atoms with Crippen molar-refractivity contribution in [2.24, 2.45) is 0 Å². The van der Waals surface area contributed by atoms with Gasteiger partial charge in [0.1, 0.15) is 0 Å². The summed E-state index contributed by atoms with van der Waals surface area (Å²) in [6.45, 7) is 2.85. The van der Waals surface area contributed by atoms with E-state index in [1.54, 1.807) is 6.08 Å². The quantitative estimate of drug-likeness (QED) is 0.918. The third-order valence-electron chi connectivity index (χ3n) is 4.16. The Morgan fingerprint density at radius 3 is 2.45 bits per heavy atom. The molecule has 0 aliphatic heterocycles. The van der Waals surface area contributed by atoms with E-state index in [1.807, 2.05) is 18.2 Å². The van der Waals surface area contributed by atoms with Crippen LogP contribution >= 0.6 is 0 Å². The fourth-order valence-corrected chi connectivity index (χ4v) is 2.90. The number of ketones is 1. The van der Waals surface area contributed by atoms with Crippen molar-refractivity contribution in [1.82, 2.24) is 5.32 Å². The van der Waals surface area contributed by atoms with Gasteiger partial charge < -0.3 is 5.32 Å². The van der Waals surface area contributed by atoms with Crippen molar-refractivity contribution in [2.45, 2.75) is 32.2 Å². The van der Waals surface area contributed by atoms with Gasteiger partial charge in [-0.3, -0.25) is 4.79 Å². The summed E-state index contributed by atoms with van der Waals surface area (Å²) in [4.78, 5) is 12.0. The zero-order chi connectivity index (χ0) is 15.4. The Bertz CT molecular complexity index is 671. The minimum Gasteiger partial charge on any atom is -0.384 e. The van der Waals surface area contributed by atoms with Crippen LogP contribution in [-0.2, 0) is 11.3 Å². The molecule has 0 saturated carbocycles. The van der Waals surface area contributed by atoms with Crippen molar-refractivity contribution in [2.75, 3.05) is 0 Å². The third kappa shape index (κ3) is 3.64. The summed E-state index contributed by atoms with van der Waals surface area (Å²) in [5.41, 5.74) is 4.79. The maximum atomic E-state index is 12.0. The van der Waals surface area contributed by atoms with Gasteiger partial charge in [0.2, 0.25) is 0 Å². The van der Waals surface area contributed by atoms with Crippen LogP contribution in [0.5, 0.6) is 0 Å². The van der Waals surface area contributed by atoms with Gasteiger partial charge in [0.05, 0.1) is 0 Å². The molecule has 1 N–H and O–H groups in total. The number of aryl methyl sites for hydroxylation is 1. The van der Waals surface area contributed by atoms with Gasteiger partial charge in [-0.25, -0.2) is 0 Å². The van der Waals surface area contributed by atoms with Crippen LogP contribution < -0.4 is 5.32 Å². The highest BCUT2D eigenvalue weighted by Gasteiger charge is 2.22. The van der Waals surface area contributed by atoms with Crippen LogP contribution in [0.1, 0.15) is 35.4 Å². The van der Waals surface area contributed by atoms with E-state index < -0.39 is 0 Å². The van der Waals surface area contributed by atoms with Crippen molar-refractivity contribution in [1.29, 1.82) is 0 Å². The number of allylic oxidation sites excluding steroid dienone is 2. The van der Waals surface area contributed by atoms with Crippen LogP contribution in [0.4, 0.5) is 0 Å². The lowest BCUT2D eigenvalue weighted by molar-refractivity contribution is -0.115. The molecule has 0 unspecified atom stereocenters. The number of hydrogen-bond acceptors (Lipinski definition) is 2. The lowest BCUT2D eigenvalue weighted by Gasteiger charge is -2.23. The normalized spacial score (nSPS) is 18.0. The maximum Gasteiger partial charge on any atom is 0.158 e. The molecule has 3 rings (SSSR count). The first kappa shape index (κ1) is 14.6. The second-order valence-corrected chi connectivity index (χ2v) is 5.99. The summed E-state index contributed by atoms with van der Waals surface area (Å²) in [6.07, 6.45) is 3.29. The summed E-state index contributed by atoms with van der Waals surface area (Å²) >= 11 is 0. The summed E-state index contributed by atoms with van der Waals surface area (Å²) in [7, 11) is 0. The molecule has 2 aromatic rings. The molecule has 1 aliphatic carbocycles. The highest BCUT2D eigenvalue weighted by Crippen LogP contribution is 2.30. The smallest absolute Gasteiger partial charge is 0.158 e. The molecule has 0 heterocycles. The van der Waals surface area contributed by atoms with Crippen molar-refractivity contribution < 1.29 is 4.79 Å².